The van der Waals surface area contributed by atoms with Gasteiger partial charge in [-0.15, -0.1) is 11.3 Å². The molecule has 0 radical (unpaired) electrons. The Morgan fingerprint density at radius 1 is 1.39 bits per heavy atom. The zero-order chi connectivity index (χ0) is 16.7. The topological polar surface area (TPSA) is 70.6 Å². The molecule has 3 heterocycles. The minimum absolute atomic E-state index is 0.0542. The first kappa shape index (κ1) is 16.9. The van der Waals surface area contributed by atoms with Crippen molar-refractivity contribution in [2.45, 2.75) is 26.3 Å². The van der Waals surface area contributed by atoms with E-state index in [-0.39, 0.29) is 17.1 Å². The van der Waals surface area contributed by atoms with E-state index in [1.807, 2.05) is 13.1 Å². The summed E-state index contributed by atoms with van der Waals surface area (Å²) in [5.41, 5.74) is -0.282. The lowest BCUT2D eigenvalue weighted by Gasteiger charge is -2.53. The van der Waals surface area contributed by atoms with Gasteiger partial charge in [-0.2, -0.15) is 0 Å². The second-order valence-electron chi connectivity index (χ2n) is 6.80. The molecule has 0 unspecified atom stereocenters. The van der Waals surface area contributed by atoms with Crippen molar-refractivity contribution >= 4 is 27.1 Å². The first-order valence-corrected chi connectivity index (χ1v) is 10.8. The van der Waals surface area contributed by atoms with Gasteiger partial charge in [-0.3, -0.25) is 9.69 Å². The van der Waals surface area contributed by atoms with Gasteiger partial charge in [-0.25, -0.2) is 13.4 Å². The summed E-state index contributed by atoms with van der Waals surface area (Å²) in [7, 11) is -3.02. The Morgan fingerprint density at radius 3 is 2.78 bits per heavy atom. The first-order valence-electron chi connectivity index (χ1n) is 7.88. The van der Waals surface area contributed by atoms with E-state index in [1.165, 1.54) is 11.1 Å². The van der Waals surface area contributed by atoms with Crippen LogP contribution in [0.4, 0.5) is 0 Å². The van der Waals surface area contributed by atoms with Gasteiger partial charge in [0.05, 0.1) is 16.2 Å². The molecular weight excluding hydrogens is 334 g/mol. The largest absolute Gasteiger partial charge is 0.340 e. The fourth-order valence-corrected chi connectivity index (χ4v) is 4.96. The number of β-lactam (4-membered cyclic amide) rings is 1. The average molecular weight is 358 g/mol. The number of nitrogens with zero attached hydrogens (tertiary/aromatic N) is 3. The highest BCUT2D eigenvalue weighted by atomic mass is 32.2. The minimum atomic E-state index is -3.02. The third kappa shape index (κ3) is 3.75. The van der Waals surface area contributed by atoms with Gasteiger partial charge in [-0.05, 0) is 26.3 Å². The summed E-state index contributed by atoms with van der Waals surface area (Å²) in [4.78, 5) is 22.1. The van der Waals surface area contributed by atoms with E-state index in [9.17, 15) is 13.2 Å². The quantitative estimate of drug-likeness (QED) is 0.733. The zero-order valence-electron chi connectivity index (χ0n) is 13.6. The normalized spacial score (nSPS) is 25.8. The van der Waals surface area contributed by atoms with Crippen molar-refractivity contribution in [2.75, 3.05) is 38.2 Å². The number of hydrogen-bond donors (Lipinski definition) is 0. The van der Waals surface area contributed by atoms with Gasteiger partial charge in [0.2, 0.25) is 5.91 Å². The molecule has 3 rings (SSSR count). The van der Waals surface area contributed by atoms with Gasteiger partial charge in [0.25, 0.3) is 0 Å². The maximum atomic E-state index is 12.6. The van der Waals surface area contributed by atoms with Crippen LogP contribution in [0.25, 0.3) is 0 Å². The SMILES string of the molecule is Cc1ncc(CN2CCC[C@@]3(C2)CN(CCS(C)(=O)=O)C3=O)s1. The molecule has 1 spiro atoms. The van der Waals surface area contributed by atoms with Crippen molar-refractivity contribution in [3.63, 3.8) is 0 Å². The maximum absolute atomic E-state index is 12.6. The molecular formula is C15H23N3O3S2. The van der Waals surface area contributed by atoms with Gasteiger partial charge in [-0.1, -0.05) is 0 Å². The number of sulfone groups is 1. The van der Waals surface area contributed by atoms with Gasteiger partial charge in [0.15, 0.2) is 0 Å². The number of thiazole rings is 1. The molecule has 1 atom stereocenters. The number of carbonyl (C=O) groups is 1. The molecule has 0 N–H and O–H groups in total. The van der Waals surface area contributed by atoms with Crippen molar-refractivity contribution in [1.29, 1.82) is 0 Å². The van der Waals surface area contributed by atoms with E-state index in [2.05, 4.69) is 9.88 Å². The lowest BCUT2D eigenvalue weighted by molar-refractivity contribution is -0.165. The Balaban J connectivity index is 1.57. The molecule has 2 fully saturated rings. The summed E-state index contributed by atoms with van der Waals surface area (Å²) in [6.07, 6.45) is 5.07. The molecule has 0 bridgehead atoms. The van der Waals surface area contributed by atoms with Crippen LogP contribution in [0.1, 0.15) is 22.7 Å². The first-order chi connectivity index (χ1) is 10.8. The lowest BCUT2D eigenvalue weighted by Crippen LogP contribution is -2.67. The molecule has 8 heteroatoms. The number of hydrogen-bond acceptors (Lipinski definition) is 6. The molecule has 1 amide bonds. The standard InChI is InChI=1S/C15H23N3O3S2/c1-12-16-8-13(22-12)9-17-5-3-4-15(10-17)11-18(14(15)19)6-7-23(2,20)21/h8H,3-7,9-11H2,1-2H3/t15-/m1/s1. The Bertz CT molecular complexity index is 701. The third-order valence-electron chi connectivity index (χ3n) is 4.67. The Kier molecular flexibility index (Phi) is 4.50. The second kappa shape index (κ2) is 6.14. The lowest BCUT2D eigenvalue weighted by atomic mass is 9.72. The molecule has 2 aliphatic rings. The van der Waals surface area contributed by atoms with Crippen LogP contribution in [0.3, 0.4) is 0 Å². The molecule has 0 aliphatic carbocycles. The van der Waals surface area contributed by atoms with Crippen molar-refractivity contribution in [3.8, 4) is 0 Å². The monoisotopic (exact) mass is 357 g/mol. The Morgan fingerprint density at radius 2 is 2.17 bits per heavy atom. The summed E-state index contributed by atoms with van der Waals surface area (Å²) in [6.45, 7) is 5.66. The zero-order valence-corrected chi connectivity index (χ0v) is 15.3. The van der Waals surface area contributed by atoms with Crippen molar-refractivity contribution in [1.82, 2.24) is 14.8 Å². The van der Waals surface area contributed by atoms with E-state index in [1.54, 1.807) is 16.2 Å². The number of amides is 1. The van der Waals surface area contributed by atoms with E-state index in [4.69, 9.17) is 0 Å². The molecule has 0 aromatic carbocycles. The van der Waals surface area contributed by atoms with Crippen LogP contribution in [0.5, 0.6) is 0 Å². The fourth-order valence-electron chi connectivity index (χ4n) is 3.57. The predicted octanol–water partition coefficient (Wildman–Crippen LogP) is 0.921. The van der Waals surface area contributed by atoms with Crippen LogP contribution >= 0.6 is 11.3 Å². The van der Waals surface area contributed by atoms with Crippen molar-refractivity contribution in [2.24, 2.45) is 5.41 Å². The summed E-state index contributed by atoms with van der Waals surface area (Å²) in [6, 6.07) is 0. The molecule has 0 saturated carbocycles. The molecule has 2 aliphatic heterocycles. The number of aromatic nitrogens is 1. The van der Waals surface area contributed by atoms with Crippen LogP contribution in [0, 0.1) is 12.3 Å². The number of aryl methyl sites for hydroxylation is 1. The summed E-state index contributed by atoms with van der Waals surface area (Å²) in [5.74, 6) is 0.185. The highest BCUT2D eigenvalue weighted by Crippen LogP contribution is 2.40. The number of likely N-dealkylation sites (tertiary alicyclic amines) is 2. The number of piperidine rings is 1. The van der Waals surface area contributed by atoms with Crippen LogP contribution in [-0.4, -0.2) is 67.3 Å². The molecule has 2 saturated heterocycles. The van der Waals surface area contributed by atoms with Crippen LogP contribution < -0.4 is 0 Å². The number of rotatable bonds is 5. The fraction of sp³-hybridized carbons (Fsp3) is 0.733. The second-order valence-corrected chi connectivity index (χ2v) is 10.4. The van der Waals surface area contributed by atoms with Gasteiger partial charge >= 0.3 is 0 Å². The van der Waals surface area contributed by atoms with Crippen LogP contribution in [0.15, 0.2) is 6.20 Å². The van der Waals surface area contributed by atoms with Gasteiger partial charge < -0.3 is 4.90 Å². The number of carbonyl (C=O) groups excluding carboxylic acids is 1. The van der Waals surface area contributed by atoms with Crippen LogP contribution in [0.2, 0.25) is 0 Å². The summed E-state index contributed by atoms with van der Waals surface area (Å²) >= 11 is 1.70. The van der Waals surface area contributed by atoms with Gasteiger partial charge in [0, 0.05) is 43.5 Å². The predicted molar refractivity (Wildman–Crippen MR) is 90.1 cm³/mol. The molecule has 6 nitrogen and oxygen atoms in total. The molecule has 128 valence electrons. The van der Waals surface area contributed by atoms with E-state index in [0.717, 1.165) is 37.5 Å². The molecule has 1 aromatic rings. The highest BCUT2D eigenvalue weighted by molar-refractivity contribution is 7.90. The average Bonchev–Trinajstić information content (AvgIpc) is 2.87. The third-order valence-corrected chi connectivity index (χ3v) is 6.49. The van der Waals surface area contributed by atoms with Crippen molar-refractivity contribution in [3.05, 3.63) is 16.1 Å². The van der Waals surface area contributed by atoms with E-state index < -0.39 is 9.84 Å². The Labute approximate surface area is 141 Å². The smallest absolute Gasteiger partial charge is 0.231 e. The molecule has 23 heavy (non-hydrogen) atoms. The van der Waals surface area contributed by atoms with Crippen LogP contribution in [-0.2, 0) is 21.2 Å². The summed E-state index contributed by atoms with van der Waals surface area (Å²) in [5, 5.41) is 1.07. The Hall–Kier alpha value is -0.990. The minimum Gasteiger partial charge on any atom is -0.340 e. The maximum Gasteiger partial charge on any atom is 0.231 e. The van der Waals surface area contributed by atoms with E-state index in [0.29, 0.717) is 13.1 Å². The van der Waals surface area contributed by atoms with Gasteiger partial charge in [0.1, 0.15) is 9.84 Å². The van der Waals surface area contributed by atoms with Crippen molar-refractivity contribution < 1.29 is 13.2 Å². The van der Waals surface area contributed by atoms with E-state index >= 15 is 0 Å². The highest BCUT2D eigenvalue weighted by Gasteiger charge is 2.53. The summed E-state index contributed by atoms with van der Waals surface area (Å²) < 4.78 is 22.5. The molecule has 1 aromatic heterocycles.